The van der Waals surface area contributed by atoms with Gasteiger partial charge >= 0.3 is 0 Å². The Morgan fingerprint density at radius 3 is 2.39 bits per heavy atom. The third-order valence-corrected chi connectivity index (χ3v) is 2.62. The minimum Gasteiger partial charge on any atom is -0.376 e. The number of carbonyl (C=O) groups is 1. The van der Waals surface area contributed by atoms with Gasteiger partial charge in [0.2, 0.25) is 5.91 Å². The van der Waals surface area contributed by atoms with E-state index in [-0.39, 0.29) is 17.4 Å². The quantitative estimate of drug-likeness (QED) is 0.860. The van der Waals surface area contributed by atoms with Crippen LogP contribution in [0.2, 0.25) is 0 Å². The van der Waals surface area contributed by atoms with E-state index in [0.29, 0.717) is 6.54 Å². The van der Waals surface area contributed by atoms with Gasteiger partial charge in [0.05, 0.1) is 6.54 Å². The summed E-state index contributed by atoms with van der Waals surface area (Å²) in [6, 6.07) is 8.31. The van der Waals surface area contributed by atoms with Crippen LogP contribution >= 0.6 is 0 Å². The average molecular weight is 248 g/mol. The molecular weight excluding hydrogens is 224 g/mol. The number of nitrogens with one attached hydrogen (secondary N) is 2. The van der Waals surface area contributed by atoms with Gasteiger partial charge in [0.25, 0.3) is 0 Å². The van der Waals surface area contributed by atoms with Gasteiger partial charge < -0.3 is 10.6 Å². The zero-order valence-corrected chi connectivity index (χ0v) is 12.0. The molecule has 0 saturated heterocycles. The van der Waals surface area contributed by atoms with Gasteiger partial charge in [0, 0.05) is 11.7 Å². The van der Waals surface area contributed by atoms with Gasteiger partial charge in [-0.3, -0.25) is 4.79 Å². The molecule has 3 heteroatoms. The third kappa shape index (κ3) is 4.40. The highest BCUT2D eigenvalue weighted by atomic mass is 16.1. The lowest BCUT2D eigenvalue weighted by Crippen LogP contribution is -2.35. The Morgan fingerprint density at radius 1 is 1.22 bits per heavy atom. The summed E-state index contributed by atoms with van der Waals surface area (Å²) in [4.78, 5) is 11.6. The van der Waals surface area contributed by atoms with Crippen LogP contribution in [0.4, 0.5) is 5.69 Å². The van der Waals surface area contributed by atoms with E-state index < -0.39 is 0 Å². The fourth-order valence-electron chi connectivity index (χ4n) is 1.84. The van der Waals surface area contributed by atoms with Crippen molar-refractivity contribution in [2.45, 2.75) is 46.1 Å². The highest BCUT2D eigenvalue weighted by molar-refractivity contribution is 5.81. The topological polar surface area (TPSA) is 41.1 Å². The number of benzene rings is 1. The highest BCUT2D eigenvalue weighted by Gasteiger charge is 2.17. The summed E-state index contributed by atoms with van der Waals surface area (Å²) in [5, 5.41) is 6.08. The molecule has 1 aromatic carbocycles. The van der Waals surface area contributed by atoms with Crippen LogP contribution in [0.25, 0.3) is 0 Å². The molecule has 0 aromatic heterocycles. The largest absolute Gasteiger partial charge is 0.376 e. The van der Waals surface area contributed by atoms with Gasteiger partial charge in [-0.2, -0.15) is 0 Å². The lowest BCUT2D eigenvalue weighted by molar-refractivity contribution is -0.119. The molecule has 0 aliphatic carbocycles. The summed E-state index contributed by atoms with van der Waals surface area (Å²) < 4.78 is 0. The first-order valence-corrected chi connectivity index (χ1v) is 6.43. The summed E-state index contributed by atoms with van der Waals surface area (Å²) in [5.41, 5.74) is 2.32. The number of hydrogen-bond acceptors (Lipinski definition) is 2. The summed E-state index contributed by atoms with van der Waals surface area (Å²) in [6.07, 6.45) is 0. The van der Waals surface area contributed by atoms with E-state index in [4.69, 9.17) is 0 Å². The summed E-state index contributed by atoms with van der Waals surface area (Å²) in [7, 11) is 0. The molecule has 0 unspecified atom stereocenters. The zero-order chi connectivity index (χ0) is 13.8. The van der Waals surface area contributed by atoms with Crippen molar-refractivity contribution >= 4 is 11.6 Å². The Kier molecular flexibility index (Phi) is 4.76. The summed E-state index contributed by atoms with van der Waals surface area (Å²) in [5.74, 6) is 0.0220. The molecule has 0 radical (unpaired) electrons. The predicted octanol–water partition coefficient (Wildman–Crippen LogP) is 2.92. The SMILES string of the molecule is CC(C)NC(=O)CNc1ccccc1C(C)(C)C. The van der Waals surface area contributed by atoms with Crippen molar-refractivity contribution in [1.29, 1.82) is 0 Å². The number of carbonyl (C=O) groups excluding carboxylic acids is 1. The maximum Gasteiger partial charge on any atom is 0.239 e. The van der Waals surface area contributed by atoms with Crippen LogP contribution in [-0.2, 0) is 10.2 Å². The van der Waals surface area contributed by atoms with Crippen LogP contribution in [-0.4, -0.2) is 18.5 Å². The first kappa shape index (κ1) is 14.6. The number of rotatable bonds is 4. The lowest BCUT2D eigenvalue weighted by Gasteiger charge is -2.23. The summed E-state index contributed by atoms with van der Waals surface area (Å²) in [6.45, 7) is 10.7. The first-order chi connectivity index (χ1) is 8.30. The third-order valence-electron chi connectivity index (χ3n) is 2.62. The molecule has 1 amide bonds. The molecule has 1 aromatic rings. The van der Waals surface area contributed by atoms with Gasteiger partial charge in [0.1, 0.15) is 0 Å². The van der Waals surface area contributed by atoms with Crippen molar-refractivity contribution in [2.24, 2.45) is 0 Å². The molecule has 0 bridgehead atoms. The van der Waals surface area contributed by atoms with E-state index in [0.717, 1.165) is 5.69 Å². The van der Waals surface area contributed by atoms with Crippen molar-refractivity contribution in [3.8, 4) is 0 Å². The summed E-state index contributed by atoms with van der Waals surface area (Å²) >= 11 is 0. The maximum atomic E-state index is 11.6. The molecular formula is C15H24N2O. The molecule has 2 N–H and O–H groups in total. The van der Waals surface area contributed by atoms with Crippen LogP contribution in [0.3, 0.4) is 0 Å². The van der Waals surface area contributed by atoms with Gasteiger partial charge in [-0.15, -0.1) is 0 Å². The zero-order valence-electron chi connectivity index (χ0n) is 12.0. The number of para-hydroxylation sites is 1. The van der Waals surface area contributed by atoms with Crippen molar-refractivity contribution in [3.05, 3.63) is 29.8 Å². The normalized spacial score (nSPS) is 11.4. The Hall–Kier alpha value is -1.51. The number of hydrogen-bond donors (Lipinski definition) is 2. The van der Waals surface area contributed by atoms with E-state index in [1.165, 1.54) is 5.56 Å². The standard InChI is InChI=1S/C15H24N2O/c1-11(2)17-14(18)10-16-13-9-7-6-8-12(13)15(3,4)5/h6-9,11,16H,10H2,1-5H3,(H,17,18). The Morgan fingerprint density at radius 2 is 1.83 bits per heavy atom. The van der Waals surface area contributed by atoms with E-state index in [1.54, 1.807) is 0 Å². The van der Waals surface area contributed by atoms with Gasteiger partial charge in [-0.1, -0.05) is 39.0 Å². The predicted molar refractivity (Wildman–Crippen MR) is 76.9 cm³/mol. The molecule has 0 aliphatic rings. The van der Waals surface area contributed by atoms with E-state index in [1.807, 2.05) is 32.0 Å². The smallest absolute Gasteiger partial charge is 0.239 e. The van der Waals surface area contributed by atoms with Crippen LogP contribution in [0.15, 0.2) is 24.3 Å². The fourth-order valence-corrected chi connectivity index (χ4v) is 1.84. The van der Waals surface area contributed by atoms with E-state index in [2.05, 4.69) is 37.5 Å². The van der Waals surface area contributed by atoms with Gasteiger partial charge in [-0.05, 0) is 30.9 Å². The molecule has 0 heterocycles. The second-order valence-corrected chi connectivity index (χ2v) is 5.87. The number of amides is 1. The van der Waals surface area contributed by atoms with Crippen molar-refractivity contribution in [1.82, 2.24) is 5.32 Å². The molecule has 0 spiro atoms. The van der Waals surface area contributed by atoms with Crippen LogP contribution in [0.1, 0.15) is 40.2 Å². The number of anilines is 1. The van der Waals surface area contributed by atoms with E-state index >= 15 is 0 Å². The lowest BCUT2D eigenvalue weighted by atomic mass is 9.86. The molecule has 1 rings (SSSR count). The Balaban J connectivity index is 2.71. The first-order valence-electron chi connectivity index (χ1n) is 6.43. The molecule has 0 fully saturated rings. The second-order valence-electron chi connectivity index (χ2n) is 5.87. The van der Waals surface area contributed by atoms with Crippen molar-refractivity contribution in [2.75, 3.05) is 11.9 Å². The van der Waals surface area contributed by atoms with Gasteiger partial charge in [-0.25, -0.2) is 0 Å². The Labute approximate surface area is 110 Å². The monoisotopic (exact) mass is 248 g/mol. The minimum absolute atomic E-state index is 0.0220. The molecule has 0 saturated carbocycles. The average Bonchev–Trinajstić information content (AvgIpc) is 2.24. The van der Waals surface area contributed by atoms with Crippen molar-refractivity contribution < 1.29 is 4.79 Å². The molecule has 18 heavy (non-hydrogen) atoms. The maximum absolute atomic E-state index is 11.6. The van der Waals surface area contributed by atoms with Crippen LogP contribution in [0, 0.1) is 0 Å². The highest BCUT2D eigenvalue weighted by Crippen LogP contribution is 2.28. The van der Waals surface area contributed by atoms with Gasteiger partial charge in [0.15, 0.2) is 0 Å². The molecule has 100 valence electrons. The Bertz CT molecular complexity index is 405. The fraction of sp³-hybridized carbons (Fsp3) is 0.533. The molecule has 3 nitrogen and oxygen atoms in total. The van der Waals surface area contributed by atoms with Crippen LogP contribution < -0.4 is 10.6 Å². The molecule has 0 atom stereocenters. The minimum atomic E-state index is 0.0220. The molecule has 0 aliphatic heterocycles. The van der Waals surface area contributed by atoms with Crippen LogP contribution in [0.5, 0.6) is 0 Å². The second kappa shape index (κ2) is 5.89. The van der Waals surface area contributed by atoms with Crippen molar-refractivity contribution in [3.63, 3.8) is 0 Å². The van der Waals surface area contributed by atoms with E-state index in [9.17, 15) is 4.79 Å².